The highest BCUT2D eigenvalue weighted by molar-refractivity contribution is 6.60. The largest absolute Gasteiger partial charge is 0.554 e. The number of rotatable bonds is 3. The lowest BCUT2D eigenvalue weighted by atomic mass is 9.80. The average molecular weight is 208 g/mol. The molecule has 1 aromatic carbocycles. The first-order valence-electron chi connectivity index (χ1n) is 3.35. The summed E-state index contributed by atoms with van der Waals surface area (Å²) < 4.78 is 37.6. The van der Waals surface area contributed by atoms with E-state index in [0.29, 0.717) is 12.1 Å². The van der Waals surface area contributed by atoms with Crippen LogP contribution in [-0.2, 0) is 9.61 Å². The first-order valence-corrected chi connectivity index (χ1v) is 3.35. The van der Waals surface area contributed by atoms with E-state index >= 15 is 0 Å². The molecule has 4 nitrogen and oxygen atoms in total. The predicted octanol–water partition coefficient (Wildman–Crippen LogP) is 0.778. The lowest BCUT2D eigenvalue weighted by Crippen LogP contribution is -2.36. The van der Waals surface area contributed by atoms with Gasteiger partial charge in [0.15, 0.2) is 17.5 Å². The van der Waals surface area contributed by atoms with E-state index in [4.69, 9.17) is 10.5 Å². The van der Waals surface area contributed by atoms with E-state index in [9.17, 15) is 13.2 Å². The molecule has 0 amide bonds. The zero-order valence-electron chi connectivity index (χ0n) is 6.58. The molecule has 76 valence electrons. The minimum Gasteiger partial charge on any atom is -0.264 e. The molecule has 0 saturated carbocycles. The van der Waals surface area contributed by atoms with Gasteiger partial charge in [0.2, 0.25) is 0 Å². The van der Waals surface area contributed by atoms with E-state index in [-0.39, 0.29) is 0 Å². The van der Waals surface area contributed by atoms with Crippen LogP contribution in [0.15, 0.2) is 12.1 Å². The van der Waals surface area contributed by atoms with Crippen molar-refractivity contribution in [3.63, 3.8) is 0 Å². The third kappa shape index (κ3) is 2.04. The number of benzene rings is 1. The van der Waals surface area contributed by atoms with Crippen LogP contribution in [0.25, 0.3) is 0 Å². The van der Waals surface area contributed by atoms with Crippen LogP contribution >= 0.6 is 0 Å². The van der Waals surface area contributed by atoms with Gasteiger partial charge in [-0.3, -0.25) is 20.1 Å². The van der Waals surface area contributed by atoms with Crippen molar-refractivity contribution in [2.75, 3.05) is 0 Å². The van der Waals surface area contributed by atoms with Gasteiger partial charge in [0.1, 0.15) is 0 Å². The van der Waals surface area contributed by atoms with Gasteiger partial charge in [-0.05, 0) is 17.6 Å². The molecule has 0 heterocycles. The third-order valence-electron chi connectivity index (χ3n) is 1.47. The van der Waals surface area contributed by atoms with Crippen molar-refractivity contribution in [2.45, 2.75) is 0 Å². The normalized spacial score (nSPS) is 10.4. The Morgan fingerprint density at radius 3 is 1.79 bits per heavy atom. The first kappa shape index (κ1) is 11.0. The van der Waals surface area contributed by atoms with Gasteiger partial charge in [-0.2, -0.15) is 0 Å². The number of halogens is 3. The molecule has 0 spiro atoms. The van der Waals surface area contributed by atoms with E-state index in [1.165, 1.54) is 0 Å². The molecular formula is C6H4BF3O4. The Hall–Kier alpha value is -1.09. The second-order valence-electron chi connectivity index (χ2n) is 2.34. The highest BCUT2D eigenvalue weighted by atomic mass is 19.2. The van der Waals surface area contributed by atoms with E-state index < -0.39 is 30.0 Å². The lowest BCUT2D eigenvalue weighted by molar-refractivity contribution is -0.221. The Balaban J connectivity index is 3.11. The van der Waals surface area contributed by atoms with Crippen molar-refractivity contribution in [1.82, 2.24) is 0 Å². The molecule has 0 atom stereocenters. The summed E-state index contributed by atoms with van der Waals surface area (Å²) in [4.78, 5) is 7.01. The van der Waals surface area contributed by atoms with Crippen LogP contribution in [0.3, 0.4) is 0 Å². The molecule has 2 N–H and O–H groups in total. The molecule has 1 aromatic rings. The van der Waals surface area contributed by atoms with Crippen LogP contribution in [0.4, 0.5) is 13.2 Å². The third-order valence-corrected chi connectivity index (χ3v) is 1.47. The van der Waals surface area contributed by atoms with Crippen LogP contribution in [-0.4, -0.2) is 17.6 Å². The molecule has 0 radical (unpaired) electrons. The monoisotopic (exact) mass is 208 g/mol. The topological polar surface area (TPSA) is 58.9 Å². The summed E-state index contributed by atoms with van der Waals surface area (Å²) in [5, 5.41) is 16.2. The van der Waals surface area contributed by atoms with E-state index in [2.05, 4.69) is 9.61 Å². The summed E-state index contributed by atoms with van der Waals surface area (Å²) in [6.45, 7) is 0. The van der Waals surface area contributed by atoms with Crippen molar-refractivity contribution in [2.24, 2.45) is 0 Å². The second-order valence-corrected chi connectivity index (χ2v) is 2.34. The van der Waals surface area contributed by atoms with Crippen LogP contribution in [0.2, 0.25) is 0 Å². The van der Waals surface area contributed by atoms with Gasteiger partial charge in [-0.15, -0.1) is 0 Å². The fraction of sp³-hybridized carbons (Fsp3) is 0. The van der Waals surface area contributed by atoms with Gasteiger partial charge >= 0.3 is 7.12 Å². The van der Waals surface area contributed by atoms with E-state index in [0.717, 1.165) is 0 Å². The van der Waals surface area contributed by atoms with Gasteiger partial charge in [-0.25, -0.2) is 13.2 Å². The zero-order chi connectivity index (χ0) is 10.7. The Morgan fingerprint density at radius 2 is 1.43 bits per heavy atom. The maximum absolute atomic E-state index is 12.6. The summed E-state index contributed by atoms with van der Waals surface area (Å²) in [6.07, 6.45) is 0. The summed E-state index contributed by atoms with van der Waals surface area (Å²) >= 11 is 0. The molecule has 0 unspecified atom stereocenters. The van der Waals surface area contributed by atoms with Crippen molar-refractivity contribution in [1.29, 1.82) is 0 Å². The highest BCUT2D eigenvalue weighted by Crippen LogP contribution is 2.08. The Morgan fingerprint density at radius 1 is 1.00 bits per heavy atom. The molecule has 1 rings (SSSR count). The summed E-state index contributed by atoms with van der Waals surface area (Å²) in [7, 11) is -1.79. The number of hydrogen-bond donors (Lipinski definition) is 2. The molecular weight excluding hydrogens is 204 g/mol. The average Bonchev–Trinajstić information content (AvgIpc) is 2.16. The fourth-order valence-corrected chi connectivity index (χ4v) is 0.852. The Labute approximate surface area is 76.5 Å². The van der Waals surface area contributed by atoms with Crippen molar-refractivity contribution < 1.29 is 33.3 Å². The van der Waals surface area contributed by atoms with Gasteiger partial charge in [0.25, 0.3) is 0 Å². The maximum Gasteiger partial charge on any atom is 0.554 e. The maximum atomic E-state index is 12.6. The van der Waals surface area contributed by atoms with Crippen molar-refractivity contribution in [3.8, 4) is 0 Å². The minimum atomic E-state index is -1.79. The van der Waals surface area contributed by atoms with Crippen LogP contribution < -0.4 is 5.46 Å². The predicted molar refractivity (Wildman–Crippen MR) is 39.1 cm³/mol. The van der Waals surface area contributed by atoms with Crippen molar-refractivity contribution in [3.05, 3.63) is 29.6 Å². The first-order chi connectivity index (χ1) is 6.60. The second kappa shape index (κ2) is 4.42. The van der Waals surface area contributed by atoms with Gasteiger partial charge in [-0.1, -0.05) is 0 Å². The number of hydrogen-bond acceptors (Lipinski definition) is 4. The Kier molecular flexibility index (Phi) is 3.47. The van der Waals surface area contributed by atoms with E-state index in [1.54, 1.807) is 0 Å². The molecule has 0 aromatic heterocycles. The fourth-order valence-electron chi connectivity index (χ4n) is 0.852. The summed E-state index contributed by atoms with van der Waals surface area (Å²) in [5.41, 5.74) is -0.411. The van der Waals surface area contributed by atoms with Gasteiger partial charge < -0.3 is 0 Å². The molecule has 0 saturated heterocycles. The molecule has 0 aliphatic heterocycles. The Bertz CT molecular complexity index is 308. The van der Waals surface area contributed by atoms with E-state index in [1.807, 2.05) is 0 Å². The molecule has 0 aliphatic rings. The lowest BCUT2D eigenvalue weighted by Gasteiger charge is -2.05. The SMILES string of the molecule is OOB(OO)c1cc(F)c(F)c(F)c1. The van der Waals surface area contributed by atoms with Gasteiger partial charge in [0.05, 0.1) is 0 Å². The van der Waals surface area contributed by atoms with Crippen LogP contribution in [0, 0.1) is 17.5 Å². The van der Waals surface area contributed by atoms with Crippen LogP contribution in [0.1, 0.15) is 0 Å². The van der Waals surface area contributed by atoms with Gasteiger partial charge in [0, 0.05) is 0 Å². The molecule has 0 aliphatic carbocycles. The molecule has 0 fully saturated rings. The summed E-state index contributed by atoms with van der Waals surface area (Å²) in [5.74, 6) is -4.64. The molecule has 8 heteroatoms. The van der Waals surface area contributed by atoms with Crippen LogP contribution in [0.5, 0.6) is 0 Å². The van der Waals surface area contributed by atoms with Crippen molar-refractivity contribution >= 4 is 12.6 Å². The zero-order valence-corrected chi connectivity index (χ0v) is 6.58. The molecule has 0 bridgehead atoms. The quantitative estimate of drug-likeness (QED) is 0.333. The summed E-state index contributed by atoms with van der Waals surface area (Å²) in [6, 6.07) is 1.02. The molecule has 14 heavy (non-hydrogen) atoms. The minimum absolute atomic E-state index is 0.411. The smallest absolute Gasteiger partial charge is 0.264 e. The standard InChI is InChI=1S/C6H4BF3O4/c8-4-1-3(7(13-11)14-12)2-5(9)6(4)10/h1-2,11-12H. The highest BCUT2D eigenvalue weighted by Gasteiger charge is 2.25.